The van der Waals surface area contributed by atoms with Crippen molar-refractivity contribution >= 4 is 33.2 Å². The molecule has 0 fully saturated rings. The number of aromatic nitrogens is 2. The van der Waals surface area contributed by atoms with Crippen LogP contribution in [0.15, 0.2) is 51.5 Å². The van der Waals surface area contributed by atoms with Gasteiger partial charge in [-0.1, -0.05) is 44.8 Å². The monoisotopic (exact) mass is 349 g/mol. The molecule has 4 nitrogen and oxygen atoms in total. The normalized spacial score (nSPS) is 10.7. The Labute approximate surface area is 128 Å². The van der Waals surface area contributed by atoms with E-state index in [9.17, 15) is 0 Å². The quantitative estimate of drug-likeness (QED) is 0.696. The highest BCUT2D eigenvalue weighted by molar-refractivity contribution is 9.10. The number of nitrogens with two attached hydrogens (primary N) is 1. The Balaban J connectivity index is 2.07. The van der Waals surface area contributed by atoms with Crippen molar-refractivity contribution in [3.63, 3.8) is 0 Å². The van der Waals surface area contributed by atoms with E-state index in [0.29, 0.717) is 28.0 Å². The van der Waals surface area contributed by atoms with E-state index in [2.05, 4.69) is 26.1 Å². The largest absolute Gasteiger partial charge is 0.398 e. The fourth-order valence-corrected chi connectivity index (χ4v) is 2.36. The van der Waals surface area contributed by atoms with Crippen LogP contribution in [0.5, 0.6) is 0 Å². The first kappa shape index (κ1) is 13.1. The van der Waals surface area contributed by atoms with Crippen LogP contribution in [0, 0.1) is 0 Å². The number of rotatable bonds is 2. The van der Waals surface area contributed by atoms with Gasteiger partial charge in [0.2, 0.25) is 5.82 Å². The van der Waals surface area contributed by atoms with Gasteiger partial charge < -0.3 is 10.3 Å². The molecule has 0 spiro atoms. The van der Waals surface area contributed by atoms with Crippen molar-refractivity contribution in [3.05, 3.63) is 52.0 Å². The number of hydrogen-bond acceptors (Lipinski definition) is 4. The molecule has 3 rings (SSSR count). The first-order valence-corrected chi connectivity index (χ1v) is 6.96. The maximum atomic E-state index is 6.14. The molecule has 2 N–H and O–H groups in total. The Morgan fingerprint density at radius 1 is 1.10 bits per heavy atom. The van der Waals surface area contributed by atoms with Crippen LogP contribution >= 0.6 is 27.5 Å². The highest BCUT2D eigenvalue weighted by Crippen LogP contribution is 2.31. The molecule has 0 bridgehead atoms. The van der Waals surface area contributed by atoms with Crippen LogP contribution in [0.1, 0.15) is 0 Å². The lowest BCUT2D eigenvalue weighted by molar-refractivity contribution is 0.432. The zero-order valence-electron chi connectivity index (χ0n) is 10.2. The van der Waals surface area contributed by atoms with Gasteiger partial charge in [-0.3, -0.25) is 0 Å². The fourth-order valence-electron chi connectivity index (χ4n) is 1.80. The second-order valence-electron chi connectivity index (χ2n) is 4.13. The van der Waals surface area contributed by atoms with Crippen molar-refractivity contribution in [2.45, 2.75) is 0 Å². The zero-order valence-corrected chi connectivity index (χ0v) is 12.5. The van der Waals surface area contributed by atoms with Crippen LogP contribution in [-0.4, -0.2) is 10.1 Å². The zero-order chi connectivity index (χ0) is 14.1. The molecule has 1 aromatic heterocycles. The van der Waals surface area contributed by atoms with Gasteiger partial charge in [0.25, 0.3) is 5.89 Å². The summed E-state index contributed by atoms with van der Waals surface area (Å²) < 4.78 is 6.16. The SMILES string of the molecule is Nc1ccccc1-c1noc(-c2cc(Br)ccc2Cl)n1. The third-order valence-electron chi connectivity index (χ3n) is 2.79. The minimum Gasteiger partial charge on any atom is -0.398 e. The minimum absolute atomic E-state index is 0.356. The van der Waals surface area contributed by atoms with Gasteiger partial charge in [0.15, 0.2) is 0 Å². The van der Waals surface area contributed by atoms with E-state index in [-0.39, 0.29) is 0 Å². The summed E-state index contributed by atoms with van der Waals surface area (Å²) in [4.78, 5) is 4.35. The van der Waals surface area contributed by atoms with E-state index in [1.165, 1.54) is 0 Å². The molecule has 20 heavy (non-hydrogen) atoms. The molecule has 0 radical (unpaired) electrons. The second-order valence-corrected chi connectivity index (χ2v) is 5.46. The molecule has 2 aromatic carbocycles. The Morgan fingerprint density at radius 2 is 1.90 bits per heavy atom. The minimum atomic E-state index is 0.356. The van der Waals surface area contributed by atoms with Crippen LogP contribution < -0.4 is 5.73 Å². The molecule has 0 unspecified atom stereocenters. The number of nitrogen functional groups attached to an aromatic ring is 1. The summed E-state index contributed by atoms with van der Waals surface area (Å²) >= 11 is 9.53. The predicted molar refractivity (Wildman–Crippen MR) is 82.3 cm³/mol. The maximum absolute atomic E-state index is 6.14. The summed E-state index contributed by atoms with van der Waals surface area (Å²) in [6.07, 6.45) is 0. The van der Waals surface area contributed by atoms with E-state index in [1.807, 2.05) is 30.3 Å². The van der Waals surface area contributed by atoms with Gasteiger partial charge in [0, 0.05) is 15.7 Å². The summed E-state index contributed by atoms with van der Waals surface area (Å²) in [7, 11) is 0. The smallest absolute Gasteiger partial charge is 0.259 e. The van der Waals surface area contributed by atoms with Crippen molar-refractivity contribution in [3.8, 4) is 22.8 Å². The molecule has 0 aliphatic heterocycles. The van der Waals surface area contributed by atoms with Gasteiger partial charge in [-0.25, -0.2) is 0 Å². The van der Waals surface area contributed by atoms with Gasteiger partial charge in [-0.2, -0.15) is 4.98 Å². The number of halogens is 2. The van der Waals surface area contributed by atoms with Crippen molar-refractivity contribution in [1.29, 1.82) is 0 Å². The van der Waals surface area contributed by atoms with Crippen molar-refractivity contribution in [2.24, 2.45) is 0 Å². The number of benzene rings is 2. The molecule has 0 amide bonds. The van der Waals surface area contributed by atoms with Gasteiger partial charge in [-0.15, -0.1) is 0 Å². The summed E-state index contributed by atoms with van der Waals surface area (Å²) in [6, 6.07) is 12.8. The van der Waals surface area contributed by atoms with Gasteiger partial charge in [-0.05, 0) is 30.3 Å². The molecule has 3 aromatic rings. The molecule has 0 saturated heterocycles. The maximum Gasteiger partial charge on any atom is 0.259 e. The average Bonchev–Trinajstić information content (AvgIpc) is 2.91. The third kappa shape index (κ3) is 2.42. The van der Waals surface area contributed by atoms with E-state index in [0.717, 1.165) is 10.0 Å². The summed E-state index contributed by atoms with van der Waals surface area (Å²) in [5.74, 6) is 0.795. The highest BCUT2D eigenvalue weighted by Gasteiger charge is 2.15. The molecular weight excluding hydrogens is 342 g/mol. The Morgan fingerprint density at radius 3 is 2.70 bits per heavy atom. The lowest BCUT2D eigenvalue weighted by Crippen LogP contribution is -1.90. The fraction of sp³-hybridized carbons (Fsp3) is 0. The third-order valence-corrected chi connectivity index (χ3v) is 3.61. The van der Waals surface area contributed by atoms with Gasteiger partial charge in [0.1, 0.15) is 0 Å². The number of nitrogens with zero attached hydrogens (tertiary/aromatic N) is 2. The first-order chi connectivity index (χ1) is 9.65. The van der Waals surface area contributed by atoms with Gasteiger partial charge >= 0.3 is 0 Å². The molecular formula is C14H9BrClN3O. The van der Waals surface area contributed by atoms with E-state index in [4.69, 9.17) is 21.9 Å². The van der Waals surface area contributed by atoms with E-state index < -0.39 is 0 Å². The Hall–Kier alpha value is -1.85. The molecule has 0 atom stereocenters. The molecule has 6 heteroatoms. The first-order valence-electron chi connectivity index (χ1n) is 5.79. The standard InChI is InChI=1S/C14H9BrClN3O/c15-8-5-6-11(16)10(7-8)14-18-13(19-20-14)9-3-1-2-4-12(9)17/h1-7H,17H2. The van der Waals surface area contributed by atoms with Crippen molar-refractivity contribution in [1.82, 2.24) is 10.1 Å². The summed E-state index contributed by atoms with van der Waals surface area (Å²) in [5.41, 5.74) is 7.90. The Bertz CT molecular complexity index is 773. The Kier molecular flexibility index (Phi) is 3.46. The average molecular weight is 351 g/mol. The molecule has 1 heterocycles. The predicted octanol–water partition coefficient (Wildman–Crippen LogP) is 4.40. The summed E-state index contributed by atoms with van der Waals surface area (Å²) in [6.45, 7) is 0. The molecule has 100 valence electrons. The lowest BCUT2D eigenvalue weighted by Gasteiger charge is -1.99. The molecule has 0 aliphatic carbocycles. The van der Waals surface area contributed by atoms with Gasteiger partial charge in [0.05, 0.1) is 10.6 Å². The topological polar surface area (TPSA) is 64.9 Å². The summed E-state index contributed by atoms with van der Waals surface area (Å²) in [5, 5.41) is 4.50. The number of hydrogen-bond donors (Lipinski definition) is 1. The number of para-hydroxylation sites is 1. The van der Waals surface area contributed by atoms with E-state index in [1.54, 1.807) is 12.1 Å². The van der Waals surface area contributed by atoms with Crippen LogP contribution in [0.2, 0.25) is 5.02 Å². The molecule has 0 aliphatic rings. The second kappa shape index (κ2) is 5.26. The van der Waals surface area contributed by atoms with Crippen LogP contribution in [0.4, 0.5) is 5.69 Å². The highest BCUT2D eigenvalue weighted by atomic mass is 79.9. The van der Waals surface area contributed by atoms with Crippen LogP contribution in [0.25, 0.3) is 22.8 Å². The van der Waals surface area contributed by atoms with Crippen LogP contribution in [-0.2, 0) is 0 Å². The van der Waals surface area contributed by atoms with Crippen molar-refractivity contribution in [2.75, 3.05) is 5.73 Å². The van der Waals surface area contributed by atoms with Crippen LogP contribution in [0.3, 0.4) is 0 Å². The van der Waals surface area contributed by atoms with E-state index >= 15 is 0 Å². The number of anilines is 1. The lowest BCUT2D eigenvalue weighted by atomic mass is 10.1. The molecule has 0 saturated carbocycles. The van der Waals surface area contributed by atoms with Crippen molar-refractivity contribution < 1.29 is 4.52 Å².